The van der Waals surface area contributed by atoms with Crippen LogP contribution in [0.25, 0.3) is 0 Å². The van der Waals surface area contributed by atoms with Crippen LogP contribution in [0.3, 0.4) is 0 Å². The van der Waals surface area contributed by atoms with Crippen molar-refractivity contribution in [2.24, 2.45) is 0 Å². The van der Waals surface area contributed by atoms with Crippen molar-refractivity contribution in [2.45, 2.75) is 39.0 Å². The lowest BCUT2D eigenvalue weighted by Crippen LogP contribution is -2.24. The molecule has 3 nitrogen and oxygen atoms in total. The van der Waals surface area contributed by atoms with Crippen molar-refractivity contribution in [2.75, 3.05) is 0 Å². The van der Waals surface area contributed by atoms with Crippen LogP contribution in [0.1, 0.15) is 44.6 Å². The Morgan fingerprint density at radius 2 is 1.89 bits per heavy atom. The first-order valence-electron chi connectivity index (χ1n) is 6.63. The van der Waals surface area contributed by atoms with Gasteiger partial charge in [0.15, 0.2) is 5.78 Å². The van der Waals surface area contributed by atoms with Crippen molar-refractivity contribution >= 4 is 11.7 Å². The van der Waals surface area contributed by atoms with Crippen molar-refractivity contribution in [3.8, 4) is 0 Å². The summed E-state index contributed by atoms with van der Waals surface area (Å²) < 4.78 is 0. The molecule has 1 unspecified atom stereocenters. The Bertz CT molecular complexity index is 517. The molecule has 0 aromatic heterocycles. The molecule has 1 aliphatic carbocycles. The summed E-state index contributed by atoms with van der Waals surface area (Å²) in [6.07, 6.45) is 2.24. The molecule has 3 heteroatoms. The first kappa shape index (κ1) is 13.5. The van der Waals surface area contributed by atoms with E-state index in [-0.39, 0.29) is 11.7 Å². The molecule has 1 aliphatic rings. The van der Waals surface area contributed by atoms with Crippen LogP contribution in [0.4, 0.5) is 0 Å². The lowest BCUT2D eigenvalue weighted by Gasteiger charge is -2.24. The number of nitrogens with one attached hydrogen (secondary N) is 1. The maximum atomic E-state index is 12.2. The minimum atomic E-state index is -0.122. The summed E-state index contributed by atoms with van der Waals surface area (Å²) in [6.45, 7) is 3.27. The van der Waals surface area contributed by atoms with Gasteiger partial charge in [0.25, 0.3) is 0 Å². The summed E-state index contributed by atoms with van der Waals surface area (Å²) in [5.74, 6) is 0.344. The molecule has 0 bridgehead atoms. The minimum Gasteiger partial charge on any atom is -0.330 e. The standard InChI is InChI=1S/C16H19NO2/c1-11(17-12(2)18)15-9-8-14(10-16(15)19)13-6-4-3-5-7-13/h3-7,14H,8-10H2,1-2H3,(H,17,18). The molecule has 1 atom stereocenters. The van der Waals surface area contributed by atoms with Gasteiger partial charge >= 0.3 is 0 Å². The van der Waals surface area contributed by atoms with Crippen molar-refractivity contribution in [3.63, 3.8) is 0 Å². The molecule has 0 aliphatic heterocycles. The highest BCUT2D eigenvalue weighted by atomic mass is 16.1. The topological polar surface area (TPSA) is 46.2 Å². The number of rotatable bonds is 2. The van der Waals surface area contributed by atoms with Crippen LogP contribution in [0, 0.1) is 0 Å². The molecule has 0 saturated heterocycles. The second-order valence-electron chi connectivity index (χ2n) is 5.06. The van der Waals surface area contributed by atoms with Crippen LogP contribution in [-0.2, 0) is 9.59 Å². The quantitative estimate of drug-likeness (QED) is 0.828. The first-order valence-corrected chi connectivity index (χ1v) is 6.63. The largest absolute Gasteiger partial charge is 0.330 e. The monoisotopic (exact) mass is 257 g/mol. The fraction of sp³-hybridized carbons (Fsp3) is 0.375. The predicted molar refractivity (Wildman–Crippen MR) is 74.6 cm³/mol. The van der Waals surface area contributed by atoms with Crippen LogP contribution in [0.2, 0.25) is 0 Å². The number of Topliss-reactive ketones (excluding diaryl/α,β-unsaturated/α-hetero) is 1. The van der Waals surface area contributed by atoms with Gasteiger partial charge in [0, 0.05) is 24.6 Å². The van der Waals surface area contributed by atoms with Crippen LogP contribution < -0.4 is 5.32 Å². The Morgan fingerprint density at radius 1 is 1.21 bits per heavy atom. The Hall–Kier alpha value is -1.90. The lowest BCUT2D eigenvalue weighted by molar-refractivity contribution is -0.118. The van der Waals surface area contributed by atoms with Gasteiger partial charge in [0.2, 0.25) is 5.91 Å². The summed E-state index contributed by atoms with van der Waals surface area (Å²) in [6, 6.07) is 10.2. The average Bonchev–Trinajstić information content (AvgIpc) is 2.38. The molecular weight excluding hydrogens is 238 g/mol. The van der Waals surface area contributed by atoms with Gasteiger partial charge in [-0.3, -0.25) is 9.59 Å². The third-order valence-corrected chi connectivity index (χ3v) is 3.60. The number of hydrogen-bond donors (Lipinski definition) is 1. The molecule has 100 valence electrons. The second-order valence-corrected chi connectivity index (χ2v) is 5.06. The zero-order chi connectivity index (χ0) is 13.8. The van der Waals surface area contributed by atoms with E-state index in [0.29, 0.717) is 18.0 Å². The SMILES string of the molecule is CC(=O)NC(C)=C1CCC(c2ccccc2)CC1=O. The summed E-state index contributed by atoms with van der Waals surface area (Å²) in [4.78, 5) is 23.2. The van der Waals surface area contributed by atoms with E-state index in [1.807, 2.05) is 18.2 Å². The van der Waals surface area contributed by atoms with Crippen molar-refractivity contribution < 1.29 is 9.59 Å². The molecule has 1 fully saturated rings. The molecule has 0 heterocycles. The van der Waals surface area contributed by atoms with Gasteiger partial charge in [-0.15, -0.1) is 0 Å². The molecular formula is C16H19NO2. The Balaban J connectivity index is 2.11. The van der Waals surface area contributed by atoms with Crippen molar-refractivity contribution in [1.82, 2.24) is 5.32 Å². The zero-order valence-corrected chi connectivity index (χ0v) is 11.4. The van der Waals surface area contributed by atoms with Crippen LogP contribution in [0.5, 0.6) is 0 Å². The molecule has 1 amide bonds. The van der Waals surface area contributed by atoms with Crippen LogP contribution in [-0.4, -0.2) is 11.7 Å². The van der Waals surface area contributed by atoms with E-state index in [4.69, 9.17) is 0 Å². The molecule has 0 spiro atoms. The first-order chi connectivity index (χ1) is 9.08. The lowest BCUT2D eigenvalue weighted by atomic mass is 9.80. The number of amides is 1. The fourth-order valence-corrected chi connectivity index (χ4v) is 2.65. The van der Waals surface area contributed by atoms with Crippen LogP contribution >= 0.6 is 0 Å². The summed E-state index contributed by atoms with van der Waals surface area (Å²) >= 11 is 0. The maximum Gasteiger partial charge on any atom is 0.220 e. The summed E-state index contributed by atoms with van der Waals surface area (Å²) in [5, 5.41) is 2.72. The Morgan fingerprint density at radius 3 is 2.47 bits per heavy atom. The minimum absolute atomic E-state index is 0.122. The molecule has 1 saturated carbocycles. The number of benzene rings is 1. The molecule has 0 radical (unpaired) electrons. The van der Waals surface area contributed by atoms with Gasteiger partial charge in [-0.2, -0.15) is 0 Å². The third kappa shape index (κ3) is 3.31. The summed E-state index contributed by atoms with van der Waals surface area (Å²) in [5.41, 5.74) is 2.72. The van der Waals surface area contributed by atoms with E-state index >= 15 is 0 Å². The number of carbonyl (C=O) groups is 2. The van der Waals surface area contributed by atoms with Gasteiger partial charge < -0.3 is 5.32 Å². The normalized spacial score (nSPS) is 22.0. The van der Waals surface area contributed by atoms with Gasteiger partial charge in [0.1, 0.15) is 0 Å². The maximum absolute atomic E-state index is 12.2. The van der Waals surface area contributed by atoms with Gasteiger partial charge in [-0.25, -0.2) is 0 Å². The highest BCUT2D eigenvalue weighted by molar-refractivity contribution is 5.97. The molecule has 1 aromatic carbocycles. The van der Waals surface area contributed by atoms with Crippen LogP contribution in [0.15, 0.2) is 41.6 Å². The number of hydrogen-bond acceptors (Lipinski definition) is 2. The van der Waals surface area contributed by atoms with E-state index in [0.717, 1.165) is 18.4 Å². The number of allylic oxidation sites excluding steroid dienone is 2. The summed E-state index contributed by atoms with van der Waals surface area (Å²) in [7, 11) is 0. The molecule has 1 N–H and O–H groups in total. The Labute approximate surface area is 113 Å². The van der Waals surface area contributed by atoms with Gasteiger partial charge in [-0.05, 0) is 31.2 Å². The highest BCUT2D eigenvalue weighted by Gasteiger charge is 2.26. The van der Waals surface area contributed by atoms with E-state index in [1.165, 1.54) is 12.5 Å². The van der Waals surface area contributed by atoms with Crippen molar-refractivity contribution in [3.05, 3.63) is 47.2 Å². The van der Waals surface area contributed by atoms with E-state index in [2.05, 4.69) is 17.4 Å². The fourth-order valence-electron chi connectivity index (χ4n) is 2.65. The molecule has 1 aromatic rings. The Kier molecular flexibility index (Phi) is 4.15. The number of carbonyl (C=O) groups excluding carboxylic acids is 2. The van der Waals surface area contributed by atoms with Gasteiger partial charge in [0.05, 0.1) is 0 Å². The predicted octanol–water partition coefficient (Wildman–Crippen LogP) is 2.93. The van der Waals surface area contributed by atoms with Crippen molar-refractivity contribution in [1.29, 1.82) is 0 Å². The van der Waals surface area contributed by atoms with Gasteiger partial charge in [-0.1, -0.05) is 30.3 Å². The second kappa shape index (κ2) is 5.83. The smallest absolute Gasteiger partial charge is 0.220 e. The van der Waals surface area contributed by atoms with E-state index in [9.17, 15) is 9.59 Å². The average molecular weight is 257 g/mol. The molecule has 2 rings (SSSR count). The number of ketones is 1. The highest BCUT2D eigenvalue weighted by Crippen LogP contribution is 2.34. The van der Waals surface area contributed by atoms with E-state index in [1.54, 1.807) is 6.92 Å². The zero-order valence-electron chi connectivity index (χ0n) is 11.4. The molecule has 19 heavy (non-hydrogen) atoms. The van der Waals surface area contributed by atoms with E-state index < -0.39 is 0 Å². The third-order valence-electron chi connectivity index (χ3n) is 3.60.